The number of carbonyl (C=O) groups excluding carboxylic acids is 2. The van der Waals surface area contributed by atoms with E-state index in [9.17, 15) is 14.4 Å². The van der Waals surface area contributed by atoms with Gasteiger partial charge < -0.3 is 20.1 Å². The highest BCUT2D eigenvalue weighted by atomic mass is 16.5. The van der Waals surface area contributed by atoms with Gasteiger partial charge in [-0.05, 0) is 0 Å². The van der Waals surface area contributed by atoms with E-state index in [1.807, 2.05) is 0 Å². The minimum atomic E-state index is -1.04. The minimum Gasteiger partial charge on any atom is -0.480 e. The average molecular weight is 270 g/mol. The highest BCUT2D eigenvalue weighted by molar-refractivity contribution is 5.91. The lowest BCUT2D eigenvalue weighted by Gasteiger charge is -2.15. The van der Waals surface area contributed by atoms with E-state index in [2.05, 4.69) is 15.2 Å². The number of anilines is 1. The molecule has 0 aromatic carbocycles. The molecule has 0 spiro atoms. The summed E-state index contributed by atoms with van der Waals surface area (Å²) in [6, 6.07) is -0.528. The van der Waals surface area contributed by atoms with E-state index in [0.717, 1.165) is 9.58 Å². The van der Waals surface area contributed by atoms with E-state index in [4.69, 9.17) is 5.11 Å². The van der Waals surface area contributed by atoms with Crippen molar-refractivity contribution in [2.75, 3.05) is 26.0 Å². The number of esters is 1. The third-order valence-electron chi connectivity index (χ3n) is 2.12. The standard InChI is InChI=1S/C10H14N4O5/c1-13(6-9(17)19-2)10(18)12-7-3-11-14(4-7)5-8(15)16/h3-4H,5-6H2,1-2H3,(H,12,18)(H,15,16). The van der Waals surface area contributed by atoms with Crippen LogP contribution in [0.4, 0.5) is 10.5 Å². The molecule has 2 amide bonds. The highest BCUT2D eigenvalue weighted by Gasteiger charge is 2.14. The number of carboxylic acids is 1. The predicted octanol–water partition coefficient (Wildman–Crippen LogP) is -0.396. The molecule has 9 heteroatoms. The molecule has 1 aromatic rings. The summed E-state index contributed by atoms with van der Waals surface area (Å²) in [5.41, 5.74) is 0.336. The van der Waals surface area contributed by atoms with Crippen molar-refractivity contribution in [3.63, 3.8) is 0 Å². The first kappa shape index (κ1) is 14.5. The zero-order valence-corrected chi connectivity index (χ0v) is 10.5. The topological polar surface area (TPSA) is 114 Å². The molecule has 2 N–H and O–H groups in total. The van der Waals surface area contributed by atoms with Crippen molar-refractivity contribution in [3.05, 3.63) is 12.4 Å². The van der Waals surface area contributed by atoms with Crippen molar-refractivity contribution in [2.24, 2.45) is 0 Å². The van der Waals surface area contributed by atoms with Gasteiger partial charge in [0, 0.05) is 13.2 Å². The molecular formula is C10H14N4O5. The number of carbonyl (C=O) groups is 3. The Morgan fingerprint density at radius 2 is 2.21 bits per heavy atom. The van der Waals surface area contributed by atoms with Gasteiger partial charge in [-0.25, -0.2) is 4.79 Å². The van der Waals surface area contributed by atoms with Crippen molar-refractivity contribution >= 4 is 23.7 Å². The van der Waals surface area contributed by atoms with Crippen molar-refractivity contribution in [1.82, 2.24) is 14.7 Å². The Balaban J connectivity index is 2.54. The van der Waals surface area contributed by atoms with Crippen molar-refractivity contribution in [2.45, 2.75) is 6.54 Å². The molecule has 9 nitrogen and oxygen atoms in total. The average Bonchev–Trinajstić information content (AvgIpc) is 2.75. The van der Waals surface area contributed by atoms with Gasteiger partial charge in [0.05, 0.1) is 19.0 Å². The molecule has 0 fully saturated rings. The molecule has 1 aromatic heterocycles. The second-order valence-corrected chi connectivity index (χ2v) is 3.68. The van der Waals surface area contributed by atoms with Crippen LogP contribution in [0, 0.1) is 0 Å². The number of ether oxygens (including phenoxy) is 1. The van der Waals surface area contributed by atoms with Gasteiger partial charge in [0.2, 0.25) is 0 Å². The lowest BCUT2D eigenvalue weighted by Crippen LogP contribution is -2.35. The van der Waals surface area contributed by atoms with Crippen LogP contribution in [0.5, 0.6) is 0 Å². The largest absolute Gasteiger partial charge is 0.480 e. The number of amides is 2. The maximum atomic E-state index is 11.6. The molecule has 0 atom stereocenters. The zero-order chi connectivity index (χ0) is 14.4. The van der Waals surface area contributed by atoms with Crippen molar-refractivity contribution < 1.29 is 24.2 Å². The lowest BCUT2D eigenvalue weighted by molar-refractivity contribution is -0.141. The molecule has 0 saturated heterocycles. The van der Waals surface area contributed by atoms with E-state index >= 15 is 0 Å². The summed E-state index contributed by atoms with van der Waals surface area (Å²) < 4.78 is 5.59. The molecule has 104 valence electrons. The summed E-state index contributed by atoms with van der Waals surface area (Å²) in [5, 5.41) is 14.8. The number of hydrogen-bond donors (Lipinski definition) is 2. The summed E-state index contributed by atoms with van der Waals surface area (Å²) in [5.74, 6) is -1.58. The molecule has 0 aliphatic heterocycles. The van der Waals surface area contributed by atoms with Crippen LogP contribution < -0.4 is 5.32 Å². The third kappa shape index (κ3) is 4.66. The minimum absolute atomic E-state index is 0.189. The van der Waals surface area contributed by atoms with Crippen LogP contribution in [-0.2, 0) is 20.9 Å². The normalized spacial score (nSPS) is 9.79. The lowest BCUT2D eigenvalue weighted by atomic mass is 10.5. The number of urea groups is 1. The van der Waals surface area contributed by atoms with Gasteiger partial charge >= 0.3 is 18.0 Å². The van der Waals surface area contributed by atoms with E-state index in [-0.39, 0.29) is 13.1 Å². The van der Waals surface area contributed by atoms with Crippen molar-refractivity contribution in [3.8, 4) is 0 Å². The number of nitrogens with zero attached hydrogens (tertiary/aromatic N) is 3. The first-order valence-electron chi connectivity index (χ1n) is 5.25. The number of carboxylic acid groups (broad SMARTS) is 1. The number of likely N-dealkylation sites (N-methyl/N-ethyl adjacent to an activating group) is 1. The molecule has 0 bridgehead atoms. The van der Waals surface area contributed by atoms with Crippen LogP contribution in [0.1, 0.15) is 0 Å². The number of methoxy groups -OCH3 is 1. The second kappa shape index (κ2) is 6.38. The van der Waals surface area contributed by atoms with Crippen LogP contribution in [-0.4, -0.2) is 58.5 Å². The molecule has 0 saturated carbocycles. The molecule has 19 heavy (non-hydrogen) atoms. The number of aromatic nitrogens is 2. The first-order chi connectivity index (χ1) is 8.92. The summed E-state index contributed by atoms with van der Waals surface area (Å²) in [6.07, 6.45) is 2.69. The highest BCUT2D eigenvalue weighted by Crippen LogP contribution is 2.05. The maximum Gasteiger partial charge on any atom is 0.325 e. The van der Waals surface area contributed by atoms with Crippen LogP contribution in [0.25, 0.3) is 0 Å². The smallest absolute Gasteiger partial charge is 0.325 e. The van der Waals surface area contributed by atoms with Crippen molar-refractivity contribution in [1.29, 1.82) is 0 Å². The fourth-order valence-corrected chi connectivity index (χ4v) is 1.20. The fraction of sp³-hybridized carbons (Fsp3) is 0.400. The number of aliphatic carboxylic acids is 1. The predicted molar refractivity (Wildman–Crippen MR) is 63.5 cm³/mol. The number of nitrogens with one attached hydrogen (secondary N) is 1. The fourth-order valence-electron chi connectivity index (χ4n) is 1.20. The second-order valence-electron chi connectivity index (χ2n) is 3.68. The Bertz CT molecular complexity index is 484. The Morgan fingerprint density at radius 3 is 2.79 bits per heavy atom. The first-order valence-corrected chi connectivity index (χ1v) is 5.25. The molecule has 0 radical (unpaired) electrons. The van der Waals surface area contributed by atoms with E-state index in [1.54, 1.807) is 0 Å². The van der Waals surface area contributed by atoms with Gasteiger partial charge in [0.25, 0.3) is 0 Å². The Morgan fingerprint density at radius 1 is 1.53 bits per heavy atom. The molecule has 0 aliphatic rings. The van der Waals surface area contributed by atoms with E-state index in [1.165, 1.54) is 26.6 Å². The van der Waals surface area contributed by atoms with E-state index in [0.29, 0.717) is 5.69 Å². The Kier molecular flexibility index (Phi) is 4.86. The molecular weight excluding hydrogens is 256 g/mol. The van der Waals surface area contributed by atoms with Gasteiger partial charge in [-0.15, -0.1) is 0 Å². The zero-order valence-electron chi connectivity index (χ0n) is 10.5. The number of hydrogen-bond acceptors (Lipinski definition) is 5. The molecule has 1 rings (SSSR count). The summed E-state index contributed by atoms with van der Waals surface area (Å²) >= 11 is 0. The van der Waals surface area contributed by atoms with Crippen LogP contribution >= 0.6 is 0 Å². The maximum absolute atomic E-state index is 11.6. The Hall–Kier alpha value is -2.58. The monoisotopic (exact) mass is 270 g/mol. The van der Waals surface area contributed by atoms with Gasteiger partial charge in [-0.1, -0.05) is 0 Å². The van der Waals surface area contributed by atoms with Gasteiger partial charge in [0.1, 0.15) is 13.1 Å². The van der Waals surface area contributed by atoms with Crippen LogP contribution in [0.15, 0.2) is 12.4 Å². The van der Waals surface area contributed by atoms with Gasteiger partial charge in [-0.3, -0.25) is 14.3 Å². The molecule has 1 heterocycles. The van der Waals surface area contributed by atoms with Gasteiger partial charge in [0.15, 0.2) is 0 Å². The third-order valence-corrected chi connectivity index (χ3v) is 2.12. The molecule has 0 unspecified atom stereocenters. The molecule has 0 aliphatic carbocycles. The summed E-state index contributed by atoms with van der Waals surface area (Å²) in [4.78, 5) is 34.2. The number of rotatable bonds is 5. The quantitative estimate of drug-likeness (QED) is 0.704. The Labute approximate surface area is 108 Å². The van der Waals surface area contributed by atoms with Gasteiger partial charge in [-0.2, -0.15) is 5.10 Å². The summed E-state index contributed by atoms with van der Waals surface area (Å²) in [7, 11) is 2.65. The van der Waals surface area contributed by atoms with E-state index < -0.39 is 18.0 Å². The summed E-state index contributed by atoms with van der Waals surface area (Å²) in [6.45, 7) is -0.487. The SMILES string of the molecule is COC(=O)CN(C)C(=O)Nc1cnn(CC(=O)O)c1. The van der Waals surface area contributed by atoms with Crippen LogP contribution in [0.2, 0.25) is 0 Å². The van der Waals surface area contributed by atoms with Crippen LogP contribution in [0.3, 0.4) is 0 Å².